The molecule has 0 aliphatic carbocycles. The van der Waals surface area contributed by atoms with E-state index in [0.717, 1.165) is 15.7 Å². The van der Waals surface area contributed by atoms with Gasteiger partial charge in [0.2, 0.25) is 0 Å². The highest BCUT2D eigenvalue weighted by Crippen LogP contribution is 2.24. The first kappa shape index (κ1) is 12.6. The van der Waals surface area contributed by atoms with E-state index in [1.54, 1.807) is 12.1 Å². The highest BCUT2D eigenvalue weighted by Gasteiger charge is 2.03. The van der Waals surface area contributed by atoms with E-state index in [9.17, 15) is 4.39 Å². The van der Waals surface area contributed by atoms with Crippen LogP contribution in [0.15, 0.2) is 40.9 Å². The van der Waals surface area contributed by atoms with E-state index in [1.165, 1.54) is 12.1 Å². The molecule has 0 amide bonds. The molecule has 2 aromatic carbocycles. The fourth-order valence-electron chi connectivity index (χ4n) is 1.52. The summed E-state index contributed by atoms with van der Waals surface area (Å²) in [6.45, 7) is 2.00. The van der Waals surface area contributed by atoms with Gasteiger partial charge in [-0.2, -0.15) is 5.26 Å². The van der Waals surface area contributed by atoms with Crippen molar-refractivity contribution in [1.82, 2.24) is 0 Å². The van der Waals surface area contributed by atoms with Gasteiger partial charge in [-0.05, 0) is 42.8 Å². The van der Waals surface area contributed by atoms with Crippen LogP contribution in [-0.2, 0) is 0 Å². The first-order valence-corrected chi connectivity index (χ1v) is 6.12. The molecule has 0 bridgehead atoms. The van der Waals surface area contributed by atoms with Crippen molar-refractivity contribution in [2.75, 3.05) is 5.32 Å². The van der Waals surface area contributed by atoms with E-state index in [4.69, 9.17) is 5.26 Å². The van der Waals surface area contributed by atoms with E-state index in [0.29, 0.717) is 5.69 Å². The molecule has 18 heavy (non-hydrogen) atoms. The van der Waals surface area contributed by atoms with E-state index < -0.39 is 5.82 Å². The predicted octanol–water partition coefficient (Wildman–Crippen LogP) is 4.51. The van der Waals surface area contributed by atoms with Crippen molar-refractivity contribution < 1.29 is 4.39 Å². The maximum absolute atomic E-state index is 13.4. The standard InChI is InChI=1S/C14H10BrFN2/c1-9-2-4-11(6-13(9)15)18-12-5-3-10(8-17)14(16)7-12/h2-7,18H,1H3. The maximum Gasteiger partial charge on any atom is 0.143 e. The molecule has 0 saturated heterocycles. The summed E-state index contributed by atoms with van der Waals surface area (Å²) < 4.78 is 14.4. The Balaban J connectivity index is 2.26. The zero-order valence-corrected chi connectivity index (χ0v) is 11.3. The summed E-state index contributed by atoms with van der Waals surface area (Å²) in [6.07, 6.45) is 0. The van der Waals surface area contributed by atoms with Crippen molar-refractivity contribution in [3.05, 3.63) is 57.8 Å². The lowest BCUT2D eigenvalue weighted by Gasteiger charge is -2.08. The Morgan fingerprint density at radius 1 is 1.17 bits per heavy atom. The molecule has 2 nitrogen and oxygen atoms in total. The third-order valence-electron chi connectivity index (χ3n) is 2.55. The molecule has 0 radical (unpaired) electrons. The third-order valence-corrected chi connectivity index (χ3v) is 3.40. The number of hydrogen-bond donors (Lipinski definition) is 1. The second-order valence-corrected chi connectivity index (χ2v) is 4.75. The van der Waals surface area contributed by atoms with Gasteiger partial charge in [-0.1, -0.05) is 22.0 Å². The highest BCUT2D eigenvalue weighted by atomic mass is 79.9. The number of anilines is 2. The minimum Gasteiger partial charge on any atom is -0.355 e. The van der Waals surface area contributed by atoms with Crippen molar-refractivity contribution in [2.24, 2.45) is 0 Å². The van der Waals surface area contributed by atoms with Gasteiger partial charge >= 0.3 is 0 Å². The maximum atomic E-state index is 13.4. The number of nitriles is 1. The Morgan fingerprint density at radius 2 is 1.83 bits per heavy atom. The number of hydrogen-bond acceptors (Lipinski definition) is 2. The summed E-state index contributed by atoms with van der Waals surface area (Å²) in [5.41, 5.74) is 2.65. The van der Waals surface area contributed by atoms with Crippen LogP contribution in [0.3, 0.4) is 0 Å². The monoisotopic (exact) mass is 304 g/mol. The predicted molar refractivity (Wildman–Crippen MR) is 73.3 cm³/mol. The average molecular weight is 305 g/mol. The number of aryl methyl sites for hydroxylation is 1. The van der Waals surface area contributed by atoms with Crippen molar-refractivity contribution >= 4 is 27.3 Å². The molecule has 0 aromatic heterocycles. The lowest BCUT2D eigenvalue weighted by Crippen LogP contribution is -1.93. The van der Waals surface area contributed by atoms with E-state index in [1.807, 2.05) is 25.1 Å². The molecular formula is C14H10BrFN2. The van der Waals surface area contributed by atoms with Gasteiger partial charge in [-0.25, -0.2) is 4.39 Å². The van der Waals surface area contributed by atoms with Crippen molar-refractivity contribution in [2.45, 2.75) is 6.92 Å². The summed E-state index contributed by atoms with van der Waals surface area (Å²) in [6, 6.07) is 12.0. The third kappa shape index (κ3) is 2.69. The van der Waals surface area contributed by atoms with Gasteiger partial charge in [0.15, 0.2) is 0 Å². The molecule has 90 valence electrons. The number of nitrogens with zero attached hydrogens (tertiary/aromatic N) is 1. The molecule has 2 rings (SSSR count). The molecule has 2 aromatic rings. The fraction of sp³-hybridized carbons (Fsp3) is 0.0714. The minimum absolute atomic E-state index is 0.0469. The van der Waals surface area contributed by atoms with Crippen LogP contribution in [0.5, 0.6) is 0 Å². The highest BCUT2D eigenvalue weighted by molar-refractivity contribution is 9.10. The molecule has 1 N–H and O–H groups in total. The first-order chi connectivity index (χ1) is 8.60. The van der Waals surface area contributed by atoms with E-state index in [2.05, 4.69) is 21.2 Å². The van der Waals surface area contributed by atoms with E-state index >= 15 is 0 Å². The lowest BCUT2D eigenvalue weighted by molar-refractivity contribution is 0.624. The van der Waals surface area contributed by atoms with Crippen molar-refractivity contribution in [3.8, 4) is 6.07 Å². The van der Waals surface area contributed by atoms with Gasteiger partial charge in [-0.15, -0.1) is 0 Å². The largest absolute Gasteiger partial charge is 0.355 e. The second kappa shape index (κ2) is 5.19. The minimum atomic E-state index is -0.520. The zero-order chi connectivity index (χ0) is 13.1. The summed E-state index contributed by atoms with van der Waals surface area (Å²) >= 11 is 3.44. The van der Waals surface area contributed by atoms with Crippen LogP contribution < -0.4 is 5.32 Å². The lowest BCUT2D eigenvalue weighted by atomic mass is 10.2. The Morgan fingerprint density at radius 3 is 2.44 bits per heavy atom. The second-order valence-electron chi connectivity index (χ2n) is 3.90. The van der Waals surface area contributed by atoms with Gasteiger partial charge in [0.05, 0.1) is 5.56 Å². The Bertz CT molecular complexity index is 632. The molecule has 0 aliphatic heterocycles. The zero-order valence-electron chi connectivity index (χ0n) is 9.67. The molecule has 0 unspecified atom stereocenters. The van der Waals surface area contributed by atoms with Gasteiger partial charge < -0.3 is 5.32 Å². The van der Waals surface area contributed by atoms with Crippen LogP contribution in [0.4, 0.5) is 15.8 Å². The van der Waals surface area contributed by atoms with Gasteiger partial charge in [-0.3, -0.25) is 0 Å². The molecule has 0 atom stereocenters. The van der Waals surface area contributed by atoms with Crippen LogP contribution in [0, 0.1) is 24.1 Å². The first-order valence-electron chi connectivity index (χ1n) is 5.33. The Hall–Kier alpha value is -1.86. The van der Waals surface area contributed by atoms with Gasteiger partial charge in [0.25, 0.3) is 0 Å². The van der Waals surface area contributed by atoms with E-state index in [-0.39, 0.29) is 5.56 Å². The van der Waals surface area contributed by atoms with Crippen LogP contribution in [0.2, 0.25) is 0 Å². The SMILES string of the molecule is Cc1ccc(Nc2ccc(C#N)c(F)c2)cc1Br. The van der Waals surface area contributed by atoms with Crippen LogP contribution in [0.1, 0.15) is 11.1 Å². The average Bonchev–Trinajstić information content (AvgIpc) is 2.34. The Kier molecular flexibility index (Phi) is 3.63. The van der Waals surface area contributed by atoms with Crippen LogP contribution >= 0.6 is 15.9 Å². The number of nitrogens with one attached hydrogen (secondary N) is 1. The quantitative estimate of drug-likeness (QED) is 0.886. The topological polar surface area (TPSA) is 35.8 Å². The van der Waals surface area contributed by atoms with Crippen LogP contribution in [0.25, 0.3) is 0 Å². The Labute approximate surface area is 113 Å². The molecule has 0 aliphatic rings. The summed E-state index contributed by atoms with van der Waals surface area (Å²) in [4.78, 5) is 0. The summed E-state index contributed by atoms with van der Waals surface area (Å²) in [5, 5.41) is 11.7. The number of halogens is 2. The number of benzene rings is 2. The molecular weight excluding hydrogens is 295 g/mol. The summed E-state index contributed by atoms with van der Waals surface area (Å²) in [7, 11) is 0. The normalized spacial score (nSPS) is 9.89. The van der Waals surface area contributed by atoms with Crippen molar-refractivity contribution in [1.29, 1.82) is 5.26 Å². The summed E-state index contributed by atoms with van der Waals surface area (Å²) in [5.74, 6) is -0.520. The van der Waals surface area contributed by atoms with Gasteiger partial charge in [0, 0.05) is 15.8 Å². The molecule has 0 spiro atoms. The fourth-order valence-corrected chi connectivity index (χ4v) is 1.90. The van der Waals surface area contributed by atoms with Gasteiger partial charge in [0.1, 0.15) is 11.9 Å². The number of rotatable bonds is 2. The smallest absolute Gasteiger partial charge is 0.143 e. The molecule has 0 fully saturated rings. The molecule has 4 heteroatoms. The molecule has 0 saturated carbocycles. The van der Waals surface area contributed by atoms with Crippen LogP contribution in [-0.4, -0.2) is 0 Å². The molecule has 0 heterocycles. The van der Waals surface area contributed by atoms with Crippen molar-refractivity contribution in [3.63, 3.8) is 0 Å².